The van der Waals surface area contributed by atoms with E-state index in [4.69, 9.17) is 29.7 Å². The van der Waals surface area contributed by atoms with E-state index in [-0.39, 0.29) is 26.3 Å². The number of amides is 2. The van der Waals surface area contributed by atoms with E-state index in [1.807, 2.05) is 35.7 Å². The van der Waals surface area contributed by atoms with Crippen LogP contribution in [0.4, 0.5) is 15.4 Å². The Labute approximate surface area is 186 Å². The second-order valence-corrected chi connectivity index (χ2v) is 7.76. The zero-order valence-electron chi connectivity index (χ0n) is 15.4. The van der Waals surface area contributed by atoms with Crippen LogP contribution in [0.25, 0.3) is 21.6 Å². The first-order valence-corrected chi connectivity index (χ1v) is 12.2. The molecule has 0 aliphatic rings. The SMILES string of the molecule is CCOC(=O)[N-]N(C(=O)OCC)c1c(-c2ccccc2)nc2sccn12.[Cl][Fe+][Cl]. The van der Waals surface area contributed by atoms with Gasteiger partial charge in [0.1, 0.15) is 11.5 Å². The molecule has 2 heterocycles. The fraction of sp³-hybridized carbons (Fsp3) is 0.235. The number of hydrogen-bond donors (Lipinski definition) is 0. The number of ether oxygens (including phenoxy) is 2. The van der Waals surface area contributed by atoms with Crippen molar-refractivity contribution < 1.29 is 32.2 Å². The van der Waals surface area contributed by atoms with Gasteiger partial charge in [0.25, 0.3) is 0 Å². The third-order valence-corrected chi connectivity index (χ3v) is 4.13. The molecule has 29 heavy (non-hydrogen) atoms. The molecule has 2 amide bonds. The third-order valence-electron chi connectivity index (χ3n) is 3.37. The van der Waals surface area contributed by atoms with Gasteiger partial charge in [-0.1, -0.05) is 30.3 Å². The van der Waals surface area contributed by atoms with Crippen molar-refractivity contribution in [2.24, 2.45) is 0 Å². The average molecular weight is 500 g/mol. The molecule has 0 aliphatic carbocycles. The number of benzene rings is 1. The van der Waals surface area contributed by atoms with Crippen molar-refractivity contribution in [1.82, 2.24) is 9.38 Å². The van der Waals surface area contributed by atoms with Crippen molar-refractivity contribution in [2.45, 2.75) is 13.8 Å². The minimum absolute atomic E-state index is 0.139. The molecule has 8 nitrogen and oxygen atoms in total. The van der Waals surface area contributed by atoms with Crippen LogP contribution in [-0.4, -0.2) is 34.8 Å². The molecule has 2 aromatic heterocycles. The van der Waals surface area contributed by atoms with E-state index in [2.05, 4.69) is 10.4 Å². The molecule has 12 heteroatoms. The number of imidazole rings is 1. The first kappa shape index (κ1) is 23.3. The summed E-state index contributed by atoms with van der Waals surface area (Å²) in [7, 11) is 9.53. The van der Waals surface area contributed by atoms with Gasteiger partial charge in [-0.15, -0.1) is 11.3 Å². The van der Waals surface area contributed by atoms with E-state index >= 15 is 0 Å². The molecule has 157 valence electrons. The summed E-state index contributed by atoms with van der Waals surface area (Å²) in [4.78, 5) is 29.6. The van der Waals surface area contributed by atoms with E-state index in [9.17, 15) is 9.59 Å². The Morgan fingerprint density at radius 3 is 2.48 bits per heavy atom. The molecule has 0 aliphatic heterocycles. The normalized spacial score (nSPS) is 10.1. The number of fused-ring (bicyclic) bond motifs is 1. The van der Waals surface area contributed by atoms with Gasteiger partial charge in [0, 0.05) is 17.1 Å². The third kappa shape index (κ3) is 6.00. The molecule has 0 bridgehead atoms. The van der Waals surface area contributed by atoms with Gasteiger partial charge in [-0.05, 0) is 13.8 Å². The van der Waals surface area contributed by atoms with Crippen LogP contribution in [0, 0.1) is 0 Å². The number of thiazole rings is 1. The number of aromatic nitrogens is 2. The molecule has 0 spiro atoms. The zero-order valence-corrected chi connectivity index (χ0v) is 18.8. The van der Waals surface area contributed by atoms with Crippen LogP contribution >= 0.6 is 31.5 Å². The number of rotatable bonds is 4. The van der Waals surface area contributed by atoms with Gasteiger partial charge < -0.3 is 19.9 Å². The van der Waals surface area contributed by atoms with Gasteiger partial charge in [-0.25, -0.2) is 9.78 Å². The summed E-state index contributed by atoms with van der Waals surface area (Å²) in [5.41, 5.74) is 5.08. The van der Waals surface area contributed by atoms with E-state index in [0.717, 1.165) is 10.6 Å². The first-order chi connectivity index (χ1) is 14.1. The number of nitrogens with zero attached hydrogens (tertiary/aromatic N) is 4. The summed E-state index contributed by atoms with van der Waals surface area (Å²) < 4.78 is 11.6. The number of carbonyl (C=O) groups is 2. The number of anilines is 1. The maximum atomic E-state index is 12.5. The van der Waals surface area contributed by atoms with E-state index in [1.54, 1.807) is 24.4 Å². The summed E-state index contributed by atoms with van der Waals surface area (Å²) in [6, 6.07) is 9.34. The Morgan fingerprint density at radius 1 is 1.21 bits per heavy atom. The Kier molecular flexibility index (Phi) is 9.56. The minimum atomic E-state index is -0.884. The van der Waals surface area contributed by atoms with Crippen LogP contribution in [0.1, 0.15) is 13.8 Å². The van der Waals surface area contributed by atoms with Gasteiger partial charge in [-0.2, -0.15) is 0 Å². The van der Waals surface area contributed by atoms with Gasteiger partial charge >= 0.3 is 39.4 Å². The summed E-state index contributed by atoms with van der Waals surface area (Å²) in [6.45, 7) is 3.62. The fourth-order valence-corrected chi connectivity index (χ4v) is 3.07. The van der Waals surface area contributed by atoms with Crippen molar-refractivity contribution in [1.29, 1.82) is 0 Å². The Balaban J connectivity index is 0.000000941. The predicted octanol–water partition coefficient (Wildman–Crippen LogP) is 5.85. The summed E-state index contributed by atoms with van der Waals surface area (Å²) in [5.74, 6) is 0.318. The number of halogens is 2. The van der Waals surface area contributed by atoms with Gasteiger partial charge in [-0.3, -0.25) is 9.20 Å². The van der Waals surface area contributed by atoms with Gasteiger partial charge in [0.05, 0.1) is 13.2 Å². The predicted molar refractivity (Wildman–Crippen MR) is 110 cm³/mol. The molecule has 0 unspecified atom stereocenters. The van der Waals surface area contributed by atoms with E-state index < -0.39 is 12.2 Å². The Hall–Kier alpha value is -1.97. The summed E-state index contributed by atoms with van der Waals surface area (Å²) in [6.07, 6.45) is 0.0808. The second kappa shape index (κ2) is 11.9. The molecule has 0 saturated heterocycles. The Morgan fingerprint density at radius 2 is 1.86 bits per heavy atom. The molecule has 1 aromatic carbocycles. The number of hydrogen-bond acceptors (Lipinski definition) is 6. The molecular weight excluding hydrogens is 483 g/mol. The van der Waals surface area contributed by atoms with Crippen molar-refractivity contribution in [3.05, 3.63) is 47.3 Å². The van der Waals surface area contributed by atoms with Crippen LogP contribution in [0.15, 0.2) is 41.9 Å². The van der Waals surface area contributed by atoms with Crippen LogP contribution < -0.4 is 5.01 Å². The standard InChI is InChI=1S/C17H18N4O4S.2ClH.Fe/c1-3-24-16(22)19-21(17(23)25-4-2)14-13(12-8-6-5-7-9-12)18-15-20(14)10-11-26-15;;;/h5-11H,3-4H2,1-2H3,(H,19,22);2*1H;/q;;;+3/p-3. The quantitative estimate of drug-likeness (QED) is 0.332. The van der Waals surface area contributed by atoms with Crippen molar-refractivity contribution in [3.63, 3.8) is 0 Å². The topological polar surface area (TPSA) is 87.2 Å². The fourth-order valence-electron chi connectivity index (χ4n) is 2.36. The molecular formula is C17H17Cl2FeN4O4S. The van der Waals surface area contributed by atoms with Gasteiger partial charge in [0.2, 0.25) is 6.09 Å². The van der Waals surface area contributed by atoms with Crippen LogP contribution in [0.5, 0.6) is 0 Å². The second-order valence-electron chi connectivity index (χ2n) is 5.07. The van der Waals surface area contributed by atoms with Crippen molar-refractivity contribution >= 4 is 54.5 Å². The number of carbonyl (C=O) groups excluding carboxylic acids is 2. The maximum absolute atomic E-state index is 12.5. The monoisotopic (exact) mass is 499 g/mol. The molecule has 3 rings (SSSR count). The molecule has 0 N–H and O–H groups in total. The zero-order chi connectivity index (χ0) is 21.2. The summed E-state index contributed by atoms with van der Waals surface area (Å²) >= 11 is 1.60. The van der Waals surface area contributed by atoms with Crippen LogP contribution in [0.3, 0.4) is 0 Å². The molecule has 0 atom stereocenters. The Bertz CT molecular complexity index is 938. The average Bonchev–Trinajstić information content (AvgIpc) is 3.29. The van der Waals surface area contributed by atoms with E-state index in [0.29, 0.717) is 16.5 Å². The van der Waals surface area contributed by atoms with Crippen molar-refractivity contribution in [2.75, 3.05) is 18.2 Å². The van der Waals surface area contributed by atoms with E-state index in [1.165, 1.54) is 11.3 Å². The molecule has 0 saturated carbocycles. The van der Waals surface area contributed by atoms with Crippen LogP contribution in [-0.2, 0) is 22.6 Å². The summed E-state index contributed by atoms with van der Waals surface area (Å²) in [5, 5.41) is 2.73. The first-order valence-electron chi connectivity index (χ1n) is 8.28. The van der Waals surface area contributed by atoms with Crippen molar-refractivity contribution in [3.8, 4) is 11.3 Å². The molecule has 3 aromatic rings. The molecule has 0 radical (unpaired) electrons. The molecule has 0 fully saturated rings. The van der Waals surface area contributed by atoms with Crippen LogP contribution in [0.2, 0.25) is 0 Å². The van der Waals surface area contributed by atoms with Gasteiger partial charge in [0.15, 0.2) is 4.96 Å².